The molecule has 0 aliphatic carbocycles. The first-order valence-corrected chi connectivity index (χ1v) is 6.50. The van der Waals surface area contributed by atoms with Crippen molar-refractivity contribution in [3.05, 3.63) is 23.7 Å². The van der Waals surface area contributed by atoms with Crippen LogP contribution in [0.3, 0.4) is 0 Å². The van der Waals surface area contributed by atoms with E-state index in [1.807, 2.05) is 19.1 Å². The number of thioether (sulfide) groups is 1. The molecule has 3 nitrogen and oxygen atoms in total. The Balaban J connectivity index is 2.07. The molecule has 1 N–H and O–H groups in total. The minimum Gasteiger partial charge on any atom is -0.464 e. The Hall–Kier alpha value is -0.900. The molecule has 88 valence electrons. The third kappa shape index (κ3) is 2.61. The molecule has 1 aliphatic rings. The van der Waals surface area contributed by atoms with Gasteiger partial charge in [0.1, 0.15) is 17.6 Å². The minimum absolute atomic E-state index is 0.0811. The van der Waals surface area contributed by atoms with E-state index >= 15 is 0 Å². The molecular formula is C12H18N2OS. The summed E-state index contributed by atoms with van der Waals surface area (Å²) >= 11 is 1.78. The first kappa shape index (κ1) is 11.6. The van der Waals surface area contributed by atoms with Gasteiger partial charge in [0, 0.05) is 11.3 Å². The van der Waals surface area contributed by atoms with Crippen LogP contribution in [0.5, 0.6) is 0 Å². The zero-order chi connectivity index (χ0) is 11.8. The average Bonchev–Trinajstić information content (AvgIpc) is 2.73. The van der Waals surface area contributed by atoms with Gasteiger partial charge in [0.15, 0.2) is 5.17 Å². The number of hydrogen-bond donors (Lipinski definition) is 1. The zero-order valence-corrected chi connectivity index (χ0v) is 11.0. The van der Waals surface area contributed by atoms with Gasteiger partial charge in [0.2, 0.25) is 0 Å². The van der Waals surface area contributed by atoms with Gasteiger partial charge >= 0.3 is 0 Å². The summed E-state index contributed by atoms with van der Waals surface area (Å²) in [5.74, 6) is 2.93. The number of amidine groups is 1. The van der Waals surface area contributed by atoms with Crippen molar-refractivity contribution in [3.8, 4) is 0 Å². The molecule has 2 rings (SSSR count). The third-order valence-electron chi connectivity index (χ3n) is 2.50. The molecule has 0 spiro atoms. The minimum atomic E-state index is 0.0811. The molecule has 1 unspecified atom stereocenters. The van der Waals surface area contributed by atoms with E-state index in [2.05, 4.69) is 31.1 Å². The Bertz CT molecular complexity index is 409. The second kappa shape index (κ2) is 4.17. The summed E-state index contributed by atoms with van der Waals surface area (Å²) in [4.78, 5) is 4.63. The molecule has 1 atom stereocenters. The topological polar surface area (TPSA) is 37.5 Å². The molecule has 0 saturated carbocycles. The van der Waals surface area contributed by atoms with E-state index in [0.717, 1.165) is 22.4 Å². The van der Waals surface area contributed by atoms with Crippen LogP contribution in [0.1, 0.15) is 38.3 Å². The molecule has 1 fully saturated rings. The van der Waals surface area contributed by atoms with Crippen LogP contribution in [0.4, 0.5) is 0 Å². The SMILES string of the molecule is Cc1ccc(C(C)N=C2NC(C)(C)CS2)o1. The Morgan fingerprint density at radius 1 is 1.50 bits per heavy atom. The molecule has 1 aromatic rings. The van der Waals surface area contributed by atoms with Gasteiger partial charge in [0.25, 0.3) is 0 Å². The van der Waals surface area contributed by atoms with Crippen LogP contribution >= 0.6 is 11.8 Å². The molecule has 16 heavy (non-hydrogen) atoms. The van der Waals surface area contributed by atoms with Crippen molar-refractivity contribution in [1.82, 2.24) is 5.32 Å². The fraction of sp³-hybridized carbons (Fsp3) is 0.583. The molecule has 1 aliphatic heterocycles. The summed E-state index contributed by atoms with van der Waals surface area (Å²) in [6.07, 6.45) is 0. The predicted molar refractivity (Wildman–Crippen MR) is 69.0 cm³/mol. The van der Waals surface area contributed by atoms with Gasteiger partial charge in [-0.1, -0.05) is 11.8 Å². The first-order chi connectivity index (χ1) is 7.46. The Morgan fingerprint density at radius 2 is 2.25 bits per heavy atom. The van der Waals surface area contributed by atoms with E-state index in [1.165, 1.54) is 0 Å². The molecular weight excluding hydrogens is 220 g/mol. The van der Waals surface area contributed by atoms with Crippen molar-refractivity contribution in [2.75, 3.05) is 5.75 Å². The van der Waals surface area contributed by atoms with Crippen molar-refractivity contribution >= 4 is 16.9 Å². The normalized spacial score (nSPS) is 23.4. The van der Waals surface area contributed by atoms with Gasteiger partial charge in [-0.3, -0.25) is 4.99 Å². The number of hydrogen-bond acceptors (Lipinski definition) is 3. The number of rotatable bonds is 2. The number of furan rings is 1. The highest BCUT2D eigenvalue weighted by atomic mass is 32.2. The molecule has 4 heteroatoms. The lowest BCUT2D eigenvalue weighted by atomic mass is 10.1. The summed E-state index contributed by atoms with van der Waals surface area (Å²) in [6.45, 7) is 8.38. The standard InChI is InChI=1S/C12H18N2OS/c1-8-5-6-10(15-8)9(2)13-11-14-12(3,4)7-16-11/h5-6,9H,7H2,1-4H3,(H,13,14). The van der Waals surface area contributed by atoms with E-state index in [1.54, 1.807) is 11.8 Å². The zero-order valence-electron chi connectivity index (χ0n) is 10.2. The monoisotopic (exact) mass is 238 g/mol. The van der Waals surface area contributed by atoms with Crippen molar-refractivity contribution in [1.29, 1.82) is 0 Å². The lowest BCUT2D eigenvalue weighted by molar-refractivity contribution is 0.457. The fourth-order valence-corrected chi connectivity index (χ4v) is 2.75. The maximum absolute atomic E-state index is 5.56. The highest BCUT2D eigenvalue weighted by Gasteiger charge is 2.27. The molecule has 0 amide bonds. The highest BCUT2D eigenvalue weighted by molar-refractivity contribution is 8.14. The molecule has 0 radical (unpaired) electrons. The molecule has 2 heterocycles. The molecule has 1 saturated heterocycles. The Labute approximate surface area is 101 Å². The van der Waals surface area contributed by atoms with Gasteiger partial charge in [-0.15, -0.1) is 0 Å². The first-order valence-electron chi connectivity index (χ1n) is 5.51. The molecule has 0 aromatic carbocycles. The Morgan fingerprint density at radius 3 is 2.75 bits per heavy atom. The summed E-state index contributed by atoms with van der Waals surface area (Å²) in [5, 5.41) is 4.43. The van der Waals surface area contributed by atoms with Gasteiger partial charge < -0.3 is 9.73 Å². The maximum Gasteiger partial charge on any atom is 0.157 e. The number of aryl methyl sites for hydroxylation is 1. The second-order valence-electron chi connectivity index (χ2n) is 4.86. The van der Waals surface area contributed by atoms with E-state index in [-0.39, 0.29) is 11.6 Å². The van der Waals surface area contributed by atoms with Crippen LogP contribution in [0.2, 0.25) is 0 Å². The summed E-state index contributed by atoms with van der Waals surface area (Å²) in [7, 11) is 0. The lowest BCUT2D eigenvalue weighted by Crippen LogP contribution is -2.36. The summed E-state index contributed by atoms with van der Waals surface area (Å²) in [6, 6.07) is 4.05. The van der Waals surface area contributed by atoms with Crippen LogP contribution < -0.4 is 5.32 Å². The quantitative estimate of drug-likeness (QED) is 0.860. The number of nitrogens with zero attached hydrogens (tertiary/aromatic N) is 1. The highest BCUT2D eigenvalue weighted by Crippen LogP contribution is 2.26. The van der Waals surface area contributed by atoms with Crippen molar-refractivity contribution in [3.63, 3.8) is 0 Å². The smallest absolute Gasteiger partial charge is 0.157 e. The van der Waals surface area contributed by atoms with E-state index in [4.69, 9.17) is 4.42 Å². The van der Waals surface area contributed by atoms with E-state index in [0.29, 0.717) is 0 Å². The van der Waals surface area contributed by atoms with Crippen molar-refractivity contribution in [2.24, 2.45) is 4.99 Å². The van der Waals surface area contributed by atoms with Crippen molar-refractivity contribution < 1.29 is 4.42 Å². The average molecular weight is 238 g/mol. The third-order valence-corrected chi connectivity index (χ3v) is 3.85. The van der Waals surface area contributed by atoms with Gasteiger partial charge in [-0.2, -0.15) is 0 Å². The number of nitrogens with one attached hydrogen (secondary N) is 1. The van der Waals surface area contributed by atoms with Crippen molar-refractivity contribution in [2.45, 2.75) is 39.3 Å². The van der Waals surface area contributed by atoms with Crippen LogP contribution in [-0.4, -0.2) is 16.5 Å². The predicted octanol–water partition coefficient (Wildman–Crippen LogP) is 3.12. The largest absolute Gasteiger partial charge is 0.464 e. The van der Waals surface area contributed by atoms with Crippen LogP contribution in [-0.2, 0) is 0 Å². The maximum atomic E-state index is 5.56. The summed E-state index contributed by atoms with van der Waals surface area (Å²) in [5.41, 5.74) is 0.155. The lowest BCUT2D eigenvalue weighted by Gasteiger charge is -2.16. The second-order valence-corrected chi connectivity index (χ2v) is 5.82. The number of aliphatic imine (C=N–C) groups is 1. The van der Waals surface area contributed by atoms with E-state index in [9.17, 15) is 0 Å². The molecule has 1 aromatic heterocycles. The summed E-state index contributed by atoms with van der Waals surface area (Å²) < 4.78 is 5.56. The van der Waals surface area contributed by atoms with Crippen LogP contribution in [0, 0.1) is 6.92 Å². The Kier molecular flexibility index (Phi) is 3.02. The fourth-order valence-electron chi connectivity index (χ4n) is 1.60. The van der Waals surface area contributed by atoms with Gasteiger partial charge in [0.05, 0.1) is 0 Å². The van der Waals surface area contributed by atoms with Crippen LogP contribution in [0.15, 0.2) is 21.5 Å². The van der Waals surface area contributed by atoms with Crippen LogP contribution in [0.25, 0.3) is 0 Å². The molecule has 0 bridgehead atoms. The van der Waals surface area contributed by atoms with Gasteiger partial charge in [-0.25, -0.2) is 0 Å². The van der Waals surface area contributed by atoms with E-state index < -0.39 is 0 Å². The van der Waals surface area contributed by atoms with Gasteiger partial charge in [-0.05, 0) is 39.8 Å².